The van der Waals surface area contributed by atoms with Crippen LogP contribution in [0.3, 0.4) is 0 Å². The minimum atomic E-state index is 0.572. The molecule has 3 heterocycles. The number of likely N-dealkylation sites (N-methyl/N-ethyl adjacent to an activating group) is 1. The summed E-state index contributed by atoms with van der Waals surface area (Å²) >= 11 is 0. The smallest absolute Gasteiger partial charge is 0.222 e. The van der Waals surface area contributed by atoms with Gasteiger partial charge in [-0.05, 0) is 51.7 Å². The Balaban J connectivity index is 1.91. The third kappa shape index (κ3) is 4.86. The van der Waals surface area contributed by atoms with Gasteiger partial charge in [-0.25, -0.2) is 4.98 Å². The lowest BCUT2D eigenvalue weighted by atomic mass is 10.0. The van der Waals surface area contributed by atoms with Crippen LogP contribution in [0.25, 0.3) is 5.70 Å². The van der Waals surface area contributed by atoms with E-state index in [-0.39, 0.29) is 0 Å². The first-order valence-corrected chi connectivity index (χ1v) is 10.5. The number of hydrogen-bond acceptors (Lipinski definition) is 6. The maximum atomic E-state index is 5.81. The summed E-state index contributed by atoms with van der Waals surface area (Å²) in [6.07, 6.45) is 7.52. The number of nitrogens with one attached hydrogen (secondary N) is 1. The molecule has 0 saturated carbocycles. The number of aromatic nitrogens is 1. The highest BCUT2D eigenvalue weighted by Crippen LogP contribution is 2.31. The van der Waals surface area contributed by atoms with Gasteiger partial charge < -0.3 is 24.8 Å². The Hall–Kier alpha value is -2.05. The van der Waals surface area contributed by atoms with E-state index in [1.807, 2.05) is 13.0 Å². The molecule has 0 aliphatic carbocycles. The van der Waals surface area contributed by atoms with E-state index in [9.17, 15) is 0 Å². The molecule has 1 atom stereocenters. The van der Waals surface area contributed by atoms with Crippen molar-refractivity contribution in [2.24, 2.45) is 0 Å². The predicted octanol–water partition coefficient (Wildman–Crippen LogP) is 2.27. The van der Waals surface area contributed by atoms with Crippen LogP contribution >= 0.6 is 0 Å². The highest BCUT2D eigenvalue weighted by molar-refractivity contribution is 5.70. The second kappa shape index (κ2) is 9.94. The van der Waals surface area contributed by atoms with Crippen LogP contribution in [0, 0.1) is 0 Å². The Morgan fingerprint density at radius 2 is 2.14 bits per heavy atom. The molecule has 2 aliphatic heterocycles. The first kappa shape index (κ1) is 20.7. The molecule has 6 nitrogen and oxygen atoms in total. The molecular weight excluding hydrogens is 350 g/mol. The van der Waals surface area contributed by atoms with Crippen molar-refractivity contribution in [3.05, 3.63) is 41.7 Å². The molecule has 2 aliphatic rings. The Bertz CT molecular complexity index is 700. The van der Waals surface area contributed by atoms with E-state index in [0.717, 1.165) is 57.1 Å². The zero-order valence-corrected chi connectivity index (χ0v) is 17.8. The first-order chi connectivity index (χ1) is 13.6. The summed E-state index contributed by atoms with van der Waals surface area (Å²) in [6.45, 7) is 11.0. The number of piperazine rings is 1. The second-order valence-corrected chi connectivity index (χ2v) is 7.68. The molecule has 0 radical (unpaired) electrons. The maximum Gasteiger partial charge on any atom is 0.222 e. The van der Waals surface area contributed by atoms with Crippen LogP contribution in [-0.4, -0.2) is 85.7 Å². The van der Waals surface area contributed by atoms with Gasteiger partial charge in [-0.2, -0.15) is 0 Å². The van der Waals surface area contributed by atoms with Crippen LogP contribution in [0.5, 0.6) is 5.88 Å². The molecule has 1 aromatic heterocycles. The van der Waals surface area contributed by atoms with Crippen molar-refractivity contribution in [3.8, 4) is 5.88 Å². The lowest BCUT2D eigenvalue weighted by Crippen LogP contribution is -2.52. The Morgan fingerprint density at radius 1 is 1.29 bits per heavy atom. The van der Waals surface area contributed by atoms with Crippen molar-refractivity contribution < 1.29 is 4.74 Å². The molecule has 0 unspecified atom stereocenters. The van der Waals surface area contributed by atoms with Crippen molar-refractivity contribution in [2.75, 3.05) is 60.0 Å². The number of pyridine rings is 1. The summed E-state index contributed by atoms with van der Waals surface area (Å²) < 4.78 is 5.81. The SMILES string of the molecule is CCOc1ncccc1C1=CC=C(N2CCNC[C@H]2CC)CN1CCN(C)C. The van der Waals surface area contributed by atoms with Gasteiger partial charge in [-0.3, -0.25) is 0 Å². The van der Waals surface area contributed by atoms with Crippen LogP contribution in [0.4, 0.5) is 0 Å². The summed E-state index contributed by atoms with van der Waals surface area (Å²) in [5, 5.41) is 3.53. The first-order valence-electron chi connectivity index (χ1n) is 10.5. The minimum Gasteiger partial charge on any atom is -0.477 e. The third-order valence-electron chi connectivity index (χ3n) is 5.46. The van der Waals surface area contributed by atoms with Gasteiger partial charge in [0.2, 0.25) is 5.88 Å². The predicted molar refractivity (Wildman–Crippen MR) is 115 cm³/mol. The van der Waals surface area contributed by atoms with Crippen LogP contribution < -0.4 is 10.1 Å². The summed E-state index contributed by atoms with van der Waals surface area (Å²) in [6, 6.07) is 4.68. The molecule has 0 amide bonds. The molecule has 0 aromatic carbocycles. The molecular formula is C22H35N5O. The van der Waals surface area contributed by atoms with E-state index in [4.69, 9.17) is 4.74 Å². The Labute approximate surface area is 169 Å². The third-order valence-corrected chi connectivity index (χ3v) is 5.46. The summed E-state index contributed by atoms with van der Waals surface area (Å²) in [5.74, 6) is 0.719. The molecule has 6 heteroatoms. The van der Waals surface area contributed by atoms with Crippen molar-refractivity contribution in [3.63, 3.8) is 0 Å². The standard InChI is InChI=1S/C22H35N5O/c1-5-18-16-23-12-13-27(18)19-9-10-21(26(17-19)15-14-25(3)4)20-8-7-11-24-22(20)28-6-2/h7-11,18,23H,5-6,12-17H2,1-4H3/t18-/m1/s1. The van der Waals surface area contributed by atoms with Crippen molar-refractivity contribution in [1.29, 1.82) is 0 Å². The molecule has 1 fully saturated rings. The van der Waals surface area contributed by atoms with Crippen molar-refractivity contribution >= 4 is 5.70 Å². The Kier molecular flexibility index (Phi) is 7.34. The van der Waals surface area contributed by atoms with Gasteiger partial charge in [0.05, 0.1) is 18.7 Å². The van der Waals surface area contributed by atoms with E-state index in [1.54, 1.807) is 6.20 Å². The van der Waals surface area contributed by atoms with Gasteiger partial charge in [-0.15, -0.1) is 0 Å². The molecule has 1 N–H and O–H groups in total. The van der Waals surface area contributed by atoms with Crippen LogP contribution in [0.15, 0.2) is 36.2 Å². The number of hydrogen-bond donors (Lipinski definition) is 1. The summed E-state index contributed by atoms with van der Waals surface area (Å²) in [7, 11) is 4.26. The van der Waals surface area contributed by atoms with E-state index < -0.39 is 0 Å². The summed E-state index contributed by atoms with van der Waals surface area (Å²) in [5.41, 5.74) is 3.69. The van der Waals surface area contributed by atoms with Crippen LogP contribution in [0.1, 0.15) is 25.8 Å². The number of nitrogens with zero attached hydrogens (tertiary/aromatic N) is 4. The molecule has 28 heavy (non-hydrogen) atoms. The average molecular weight is 386 g/mol. The molecule has 0 spiro atoms. The Morgan fingerprint density at radius 3 is 2.89 bits per heavy atom. The van der Waals surface area contributed by atoms with Gasteiger partial charge in [0.1, 0.15) is 0 Å². The van der Waals surface area contributed by atoms with Crippen molar-refractivity contribution in [1.82, 2.24) is 25.0 Å². The van der Waals surface area contributed by atoms with E-state index in [1.165, 1.54) is 11.4 Å². The molecule has 1 saturated heterocycles. The van der Waals surface area contributed by atoms with Gasteiger partial charge in [0, 0.05) is 56.4 Å². The molecule has 0 bridgehead atoms. The highest BCUT2D eigenvalue weighted by atomic mass is 16.5. The van der Waals surface area contributed by atoms with Crippen molar-refractivity contribution in [2.45, 2.75) is 26.3 Å². The molecule has 3 rings (SSSR count). The minimum absolute atomic E-state index is 0.572. The van der Waals surface area contributed by atoms with Gasteiger partial charge in [0.15, 0.2) is 0 Å². The average Bonchev–Trinajstić information content (AvgIpc) is 2.73. The molecule has 154 valence electrons. The fourth-order valence-corrected chi connectivity index (χ4v) is 3.92. The maximum absolute atomic E-state index is 5.81. The van der Waals surface area contributed by atoms with Gasteiger partial charge >= 0.3 is 0 Å². The highest BCUT2D eigenvalue weighted by Gasteiger charge is 2.27. The summed E-state index contributed by atoms with van der Waals surface area (Å²) in [4.78, 5) is 11.8. The van der Waals surface area contributed by atoms with Crippen LogP contribution in [-0.2, 0) is 0 Å². The lowest BCUT2D eigenvalue weighted by Gasteiger charge is -2.42. The monoisotopic (exact) mass is 385 g/mol. The number of ether oxygens (including phenoxy) is 1. The lowest BCUT2D eigenvalue weighted by molar-refractivity contribution is 0.186. The fourth-order valence-electron chi connectivity index (χ4n) is 3.92. The van der Waals surface area contributed by atoms with E-state index >= 15 is 0 Å². The second-order valence-electron chi connectivity index (χ2n) is 7.68. The van der Waals surface area contributed by atoms with Gasteiger partial charge in [-0.1, -0.05) is 6.92 Å². The normalized spacial score (nSPS) is 20.2. The van der Waals surface area contributed by atoms with Gasteiger partial charge in [0.25, 0.3) is 0 Å². The van der Waals surface area contributed by atoms with E-state index in [2.05, 4.69) is 64.2 Å². The number of allylic oxidation sites excluding steroid dienone is 2. The van der Waals surface area contributed by atoms with E-state index in [0.29, 0.717) is 12.6 Å². The number of rotatable bonds is 8. The quantitative estimate of drug-likeness (QED) is 0.741. The topological polar surface area (TPSA) is 43.9 Å². The fraction of sp³-hybridized carbons (Fsp3) is 0.591. The zero-order valence-electron chi connectivity index (χ0n) is 17.8. The van der Waals surface area contributed by atoms with Crippen LogP contribution in [0.2, 0.25) is 0 Å². The largest absolute Gasteiger partial charge is 0.477 e. The zero-order chi connectivity index (χ0) is 19.9. The molecule has 1 aromatic rings.